The summed E-state index contributed by atoms with van der Waals surface area (Å²) in [4.78, 5) is 22.7. The van der Waals surface area contributed by atoms with E-state index in [1.54, 1.807) is 19.2 Å². The summed E-state index contributed by atoms with van der Waals surface area (Å²) >= 11 is 0. The Bertz CT molecular complexity index is 1380. The van der Waals surface area contributed by atoms with Gasteiger partial charge in [-0.15, -0.1) is 0 Å². The van der Waals surface area contributed by atoms with E-state index in [9.17, 15) is 9.18 Å². The van der Waals surface area contributed by atoms with Gasteiger partial charge in [0.15, 0.2) is 5.78 Å². The largest absolute Gasteiger partial charge is 0.461 e. The molecule has 0 aromatic heterocycles. The van der Waals surface area contributed by atoms with Gasteiger partial charge in [0.2, 0.25) is 6.36 Å². The lowest BCUT2D eigenvalue weighted by Gasteiger charge is -2.23. The van der Waals surface area contributed by atoms with Gasteiger partial charge < -0.3 is 18.9 Å². The Morgan fingerprint density at radius 1 is 0.978 bits per heavy atom. The van der Waals surface area contributed by atoms with Crippen molar-refractivity contribution in [2.24, 2.45) is 21.8 Å². The van der Waals surface area contributed by atoms with E-state index in [-0.39, 0.29) is 17.6 Å². The average molecular weight is 619 g/mol. The first-order valence-corrected chi connectivity index (χ1v) is 16.1. The number of rotatable bonds is 18. The summed E-state index contributed by atoms with van der Waals surface area (Å²) in [6, 6.07) is 13.7. The first-order valence-electron chi connectivity index (χ1n) is 16.1. The zero-order valence-electron chi connectivity index (χ0n) is 27.1. The molecule has 0 saturated heterocycles. The highest BCUT2D eigenvalue weighted by Crippen LogP contribution is 2.36. The van der Waals surface area contributed by atoms with Crippen LogP contribution in [0.5, 0.6) is 5.75 Å². The van der Waals surface area contributed by atoms with Crippen LogP contribution in [0.25, 0.3) is 5.57 Å². The minimum atomic E-state index is -1.35. The fourth-order valence-electron chi connectivity index (χ4n) is 5.81. The highest BCUT2D eigenvalue weighted by Gasteiger charge is 2.31. The predicted octanol–water partition coefficient (Wildman–Crippen LogP) is 7.76. The fraction of sp³-hybridized carbons (Fsp3) is 0.486. The van der Waals surface area contributed by atoms with E-state index < -0.39 is 6.36 Å². The lowest BCUT2D eigenvalue weighted by Crippen LogP contribution is -2.29. The van der Waals surface area contributed by atoms with Crippen molar-refractivity contribution in [2.75, 3.05) is 40.1 Å². The van der Waals surface area contributed by atoms with E-state index in [2.05, 4.69) is 25.1 Å². The minimum absolute atomic E-state index is 0.134. The van der Waals surface area contributed by atoms with Gasteiger partial charge in [0.1, 0.15) is 5.75 Å². The molecule has 2 aromatic carbocycles. The Labute approximate surface area is 267 Å². The van der Waals surface area contributed by atoms with Crippen molar-refractivity contribution in [2.45, 2.75) is 65.7 Å². The van der Waals surface area contributed by atoms with E-state index >= 15 is 0 Å². The summed E-state index contributed by atoms with van der Waals surface area (Å²) in [5.74, 6) is 0.957. The number of allylic oxidation sites excluding steroid dienone is 2. The van der Waals surface area contributed by atoms with Crippen LogP contribution in [-0.4, -0.2) is 63.7 Å². The molecule has 8 heteroatoms. The first kappa shape index (κ1) is 34.4. The lowest BCUT2D eigenvalue weighted by molar-refractivity contribution is 0.0240. The number of ketones is 1. The summed E-state index contributed by atoms with van der Waals surface area (Å²) in [7, 11) is 1.65. The molecule has 7 nitrogen and oxygen atoms in total. The maximum atomic E-state index is 13.3. The summed E-state index contributed by atoms with van der Waals surface area (Å²) in [5.41, 5.74) is 7.19. The number of carbonyl (C=O) groups excluding carboxylic acids is 1. The molecular formula is C37H47FN2O5. The predicted molar refractivity (Wildman–Crippen MR) is 178 cm³/mol. The topological polar surface area (TPSA) is 78.7 Å². The Balaban J connectivity index is 1.30. The second kappa shape index (κ2) is 17.9. The Morgan fingerprint density at radius 3 is 2.47 bits per heavy atom. The number of carbonyl (C=O) groups is 1. The van der Waals surface area contributed by atoms with Crippen LogP contribution in [0.2, 0.25) is 0 Å². The van der Waals surface area contributed by atoms with Crippen LogP contribution in [-0.2, 0) is 20.6 Å². The van der Waals surface area contributed by atoms with Gasteiger partial charge in [0.05, 0.1) is 37.9 Å². The van der Waals surface area contributed by atoms with Gasteiger partial charge in [-0.25, -0.2) is 4.39 Å². The van der Waals surface area contributed by atoms with E-state index in [4.69, 9.17) is 28.9 Å². The molecule has 242 valence electrons. The zero-order valence-corrected chi connectivity index (χ0v) is 27.1. The van der Waals surface area contributed by atoms with Crippen molar-refractivity contribution >= 4 is 22.8 Å². The van der Waals surface area contributed by atoms with Crippen molar-refractivity contribution in [1.29, 1.82) is 0 Å². The number of aryl methyl sites for hydroxylation is 1. The van der Waals surface area contributed by atoms with E-state index in [0.717, 1.165) is 65.8 Å². The number of nitrogens with zero attached hydrogens (tertiary/aromatic N) is 2. The van der Waals surface area contributed by atoms with Crippen molar-refractivity contribution < 1.29 is 28.1 Å². The summed E-state index contributed by atoms with van der Waals surface area (Å²) < 4.78 is 34.4. The van der Waals surface area contributed by atoms with Gasteiger partial charge in [-0.2, -0.15) is 0 Å². The summed E-state index contributed by atoms with van der Waals surface area (Å²) in [6.45, 7) is 8.47. The molecule has 0 amide bonds. The molecule has 2 heterocycles. The molecule has 45 heavy (non-hydrogen) atoms. The minimum Gasteiger partial charge on any atom is -0.461 e. The third kappa shape index (κ3) is 10.3. The molecule has 0 saturated carbocycles. The van der Waals surface area contributed by atoms with Crippen LogP contribution in [0.15, 0.2) is 70.9 Å². The van der Waals surface area contributed by atoms with Crippen molar-refractivity contribution in [1.82, 2.24) is 0 Å². The van der Waals surface area contributed by atoms with Crippen LogP contribution < -0.4 is 4.74 Å². The van der Waals surface area contributed by atoms with E-state index in [0.29, 0.717) is 45.2 Å². The zero-order chi connectivity index (χ0) is 32.0. The van der Waals surface area contributed by atoms with Gasteiger partial charge in [-0.1, -0.05) is 43.3 Å². The molecule has 3 unspecified atom stereocenters. The number of hydrogen-bond donors (Lipinski definition) is 0. The molecule has 2 aromatic rings. The van der Waals surface area contributed by atoms with Crippen LogP contribution in [0.3, 0.4) is 0 Å². The van der Waals surface area contributed by atoms with Crippen LogP contribution in [0.4, 0.5) is 4.39 Å². The number of methoxy groups -OCH3 is 1. The van der Waals surface area contributed by atoms with Gasteiger partial charge in [-0.05, 0) is 73.4 Å². The maximum Gasteiger partial charge on any atom is 0.235 e. The van der Waals surface area contributed by atoms with Crippen LogP contribution >= 0.6 is 0 Å². The number of unbranched alkanes of at least 4 members (excludes halogenated alkanes) is 1. The Morgan fingerprint density at radius 2 is 1.73 bits per heavy atom. The number of benzene rings is 2. The van der Waals surface area contributed by atoms with Crippen molar-refractivity contribution in [3.05, 3.63) is 83.2 Å². The van der Waals surface area contributed by atoms with E-state index in [1.165, 1.54) is 12.5 Å². The molecule has 4 rings (SSSR count). The van der Waals surface area contributed by atoms with E-state index in [1.807, 2.05) is 37.5 Å². The van der Waals surface area contributed by atoms with Gasteiger partial charge in [0, 0.05) is 56.9 Å². The lowest BCUT2D eigenvalue weighted by atomic mass is 9.81. The first-order chi connectivity index (χ1) is 21.9. The van der Waals surface area contributed by atoms with Gasteiger partial charge >= 0.3 is 0 Å². The maximum absolute atomic E-state index is 13.3. The number of halogens is 1. The number of aliphatic imine (C=N–C) groups is 2. The molecule has 0 spiro atoms. The third-order valence-electron chi connectivity index (χ3n) is 8.08. The molecular weight excluding hydrogens is 571 g/mol. The van der Waals surface area contributed by atoms with Gasteiger partial charge in [-0.3, -0.25) is 14.8 Å². The number of alkyl halides is 1. The third-order valence-corrected chi connectivity index (χ3v) is 8.08. The SMILES string of the molecule is COCCOCCOCCCCC(=O)c1ccc(CC(C)C2=N/C=C\CCC3C(c4ccc(OC(C)F)cc4)=CN=C23)cc1C. The Kier molecular flexibility index (Phi) is 13.7. The second-order valence-electron chi connectivity index (χ2n) is 11.7. The van der Waals surface area contributed by atoms with Crippen LogP contribution in [0.1, 0.15) is 73.0 Å². The number of ether oxygens (including phenoxy) is 4. The quantitative estimate of drug-likeness (QED) is 0.126. The van der Waals surface area contributed by atoms with Crippen molar-refractivity contribution in [3.8, 4) is 5.75 Å². The smallest absolute Gasteiger partial charge is 0.235 e. The molecule has 0 bridgehead atoms. The molecule has 2 aliphatic heterocycles. The number of hydrogen-bond acceptors (Lipinski definition) is 7. The Hall–Kier alpha value is -3.46. The van der Waals surface area contributed by atoms with Crippen LogP contribution in [0, 0.1) is 18.8 Å². The summed E-state index contributed by atoms with van der Waals surface area (Å²) in [6.07, 6.45) is 9.42. The number of Topliss-reactive ketones (excluding diaryl/α,β-unsaturated/α-hetero) is 1. The summed E-state index contributed by atoms with van der Waals surface area (Å²) in [5, 5.41) is 0. The highest BCUT2D eigenvalue weighted by atomic mass is 19.1. The molecule has 0 aliphatic carbocycles. The van der Waals surface area contributed by atoms with Gasteiger partial charge in [0.25, 0.3) is 0 Å². The second-order valence-corrected chi connectivity index (χ2v) is 11.7. The highest BCUT2D eigenvalue weighted by molar-refractivity contribution is 6.46. The monoisotopic (exact) mass is 618 g/mol. The molecule has 0 N–H and O–H groups in total. The fourth-order valence-corrected chi connectivity index (χ4v) is 5.81. The normalized spacial score (nSPS) is 18.2. The number of fused-ring (bicyclic) bond motifs is 1. The molecule has 0 fully saturated rings. The average Bonchev–Trinajstić information content (AvgIpc) is 3.40. The molecule has 3 atom stereocenters. The molecule has 0 radical (unpaired) electrons. The standard InChI is InChI=1S/C37H47FN2O5/c1-26-23-29(11-16-32(26)35(41)10-6-8-18-43-21-22-44-20-19-42-4)24-27(2)36-37-33(9-5-7-17-39-36)34(25-40-37)30-12-14-31(15-13-30)45-28(3)38/h7,11-17,23,25,27-28,33H,5-6,8-10,18-22,24H2,1-4H3/b17-7-,39-36?. The molecule has 2 aliphatic rings. The van der Waals surface area contributed by atoms with Crippen molar-refractivity contribution in [3.63, 3.8) is 0 Å².